The first-order valence-corrected chi connectivity index (χ1v) is 8.47. The van der Waals surface area contributed by atoms with E-state index in [2.05, 4.69) is 15.9 Å². The van der Waals surface area contributed by atoms with Crippen LogP contribution in [0.2, 0.25) is 0 Å². The lowest BCUT2D eigenvalue weighted by Crippen LogP contribution is -2.40. The first kappa shape index (κ1) is 14.9. The van der Waals surface area contributed by atoms with Crippen LogP contribution in [-0.2, 0) is 14.8 Å². The number of halogens is 1. The van der Waals surface area contributed by atoms with Gasteiger partial charge in [-0.2, -0.15) is 4.31 Å². The van der Waals surface area contributed by atoms with Crippen LogP contribution >= 0.6 is 27.3 Å². The van der Waals surface area contributed by atoms with E-state index in [9.17, 15) is 18.3 Å². The monoisotopic (exact) mass is 369 g/mol. The number of hydrogen-bond donors (Lipinski definition) is 2. The minimum Gasteiger partial charge on any atom is -0.480 e. The zero-order valence-electron chi connectivity index (χ0n) is 9.91. The molecular formula is C10H12BrNO5S2. The zero-order chi connectivity index (χ0) is 14.4. The van der Waals surface area contributed by atoms with Gasteiger partial charge in [-0.1, -0.05) is 0 Å². The summed E-state index contributed by atoms with van der Waals surface area (Å²) in [7, 11) is -3.90. The lowest BCUT2D eigenvalue weighted by Gasteiger charge is -2.20. The van der Waals surface area contributed by atoms with E-state index in [1.807, 2.05) is 0 Å². The minimum atomic E-state index is -3.90. The van der Waals surface area contributed by atoms with Crippen LogP contribution in [-0.4, -0.2) is 47.6 Å². The van der Waals surface area contributed by atoms with Gasteiger partial charge in [-0.3, -0.25) is 4.79 Å². The van der Waals surface area contributed by atoms with Gasteiger partial charge in [0.15, 0.2) is 0 Å². The molecule has 0 bridgehead atoms. The third-order valence-electron chi connectivity index (χ3n) is 2.95. The zero-order valence-corrected chi connectivity index (χ0v) is 13.1. The number of aryl methyl sites for hydroxylation is 1. The Bertz CT molecular complexity index is 611. The Labute approximate surface area is 122 Å². The van der Waals surface area contributed by atoms with Crippen LogP contribution in [0, 0.1) is 6.92 Å². The van der Waals surface area contributed by atoms with Crippen LogP contribution in [0.25, 0.3) is 0 Å². The smallest absolute Gasteiger partial charge is 0.322 e. The predicted octanol–water partition coefficient (Wildman–Crippen LogP) is 1.03. The fourth-order valence-electron chi connectivity index (χ4n) is 2.09. The van der Waals surface area contributed by atoms with Crippen LogP contribution in [0.4, 0.5) is 0 Å². The third-order valence-corrected chi connectivity index (χ3v) is 6.63. The van der Waals surface area contributed by atoms with Gasteiger partial charge in [0.1, 0.15) is 6.04 Å². The summed E-state index contributed by atoms with van der Waals surface area (Å²) in [6.45, 7) is 1.47. The number of carboxylic acids is 1. The van der Waals surface area contributed by atoms with Gasteiger partial charge < -0.3 is 10.2 Å². The van der Waals surface area contributed by atoms with Crippen molar-refractivity contribution in [3.63, 3.8) is 0 Å². The van der Waals surface area contributed by atoms with Crippen LogP contribution in [0.15, 0.2) is 14.7 Å². The Balaban J connectivity index is 2.44. The summed E-state index contributed by atoms with van der Waals surface area (Å²) < 4.78 is 26.5. The highest BCUT2D eigenvalue weighted by Gasteiger charge is 2.44. The molecule has 0 radical (unpaired) electrons. The number of thiophene rings is 1. The van der Waals surface area contributed by atoms with Gasteiger partial charge in [0, 0.05) is 17.8 Å². The number of rotatable bonds is 3. The maximum absolute atomic E-state index is 12.5. The number of sulfonamides is 1. The second-order valence-corrected chi connectivity index (χ2v) is 8.78. The van der Waals surface area contributed by atoms with Crippen molar-refractivity contribution in [2.45, 2.75) is 30.4 Å². The van der Waals surface area contributed by atoms with Gasteiger partial charge in [-0.05, 0) is 28.9 Å². The number of β-amino-alcohol motifs (C(OH)–C–C–N with tert-alkyl or cyclic N) is 1. The van der Waals surface area contributed by atoms with Crippen molar-refractivity contribution in [1.82, 2.24) is 4.31 Å². The van der Waals surface area contributed by atoms with Crippen LogP contribution in [0.3, 0.4) is 0 Å². The van der Waals surface area contributed by atoms with Gasteiger partial charge in [0.25, 0.3) is 0 Å². The number of nitrogens with zero attached hydrogens (tertiary/aromatic N) is 1. The van der Waals surface area contributed by atoms with Crippen LogP contribution < -0.4 is 0 Å². The predicted molar refractivity (Wildman–Crippen MR) is 72.7 cm³/mol. The van der Waals surface area contributed by atoms with Crippen molar-refractivity contribution < 1.29 is 23.4 Å². The Kier molecular flexibility index (Phi) is 4.03. The van der Waals surface area contributed by atoms with E-state index < -0.39 is 28.1 Å². The van der Waals surface area contributed by atoms with Gasteiger partial charge in [-0.25, -0.2) is 8.42 Å². The molecule has 6 nitrogen and oxygen atoms in total. The van der Waals surface area contributed by atoms with Gasteiger partial charge in [0.05, 0.1) is 14.8 Å². The molecule has 1 aliphatic rings. The summed E-state index contributed by atoms with van der Waals surface area (Å²) >= 11 is 4.48. The van der Waals surface area contributed by atoms with Gasteiger partial charge >= 0.3 is 5.97 Å². The number of aliphatic hydroxyl groups is 1. The van der Waals surface area contributed by atoms with E-state index in [0.717, 1.165) is 4.31 Å². The molecule has 19 heavy (non-hydrogen) atoms. The third kappa shape index (κ3) is 2.70. The van der Waals surface area contributed by atoms with Crippen molar-refractivity contribution in [1.29, 1.82) is 0 Å². The molecule has 2 atom stereocenters. The number of aliphatic hydroxyl groups excluding tert-OH is 1. The van der Waals surface area contributed by atoms with E-state index in [0.29, 0.717) is 8.66 Å². The van der Waals surface area contributed by atoms with E-state index in [4.69, 9.17) is 5.11 Å². The molecule has 0 aromatic carbocycles. The fraction of sp³-hybridized carbons (Fsp3) is 0.500. The van der Waals surface area contributed by atoms with E-state index in [1.54, 1.807) is 6.92 Å². The molecule has 1 aromatic rings. The molecule has 1 aromatic heterocycles. The molecule has 1 fully saturated rings. The highest BCUT2D eigenvalue weighted by Crippen LogP contribution is 2.34. The van der Waals surface area contributed by atoms with Crippen molar-refractivity contribution in [2.75, 3.05) is 6.54 Å². The Morgan fingerprint density at radius 2 is 2.21 bits per heavy atom. The maximum Gasteiger partial charge on any atom is 0.322 e. The molecule has 1 saturated heterocycles. The first-order chi connectivity index (χ1) is 8.73. The minimum absolute atomic E-state index is 0.0844. The van der Waals surface area contributed by atoms with E-state index in [-0.39, 0.29) is 17.9 Å². The molecule has 0 spiro atoms. The van der Waals surface area contributed by atoms with Crippen LogP contribution in [0.5, 0.6) is 0 Å². The Hall–Kier alpha value is -0.480. The van der Waals surface area contributed by atoms with Crippen LogP contribution in [0.1, 0.15) is 11.3 Å². The lowest BCUT2D eigenvalue weighted by molar-refractivity contribution is -0.140. The van der Waals surface area contributed by atoms with Crippen molar-refractivity contribution in [3.8, 4) is 0 Å². The Morgan fingerprint density at radius 1 is 1.58 bits per heavy atom. The molecule has 1 aliphatic heterocycles. The van der Waals surface area contributed by atoms with Crippen molar-refractivity contribution >= 4 is 43.3 Å². The van der Waals surface area contributed by atoms with Crippen molar-refractivity contribution in [3.05, 3.63) is 14.7 Å². The number of hydrogen-bond acceptors (Lipinski definition) is 5. The summed E-state index contributed by atoms with van der Waals surface area (Å²) in [5.41, 5.74) is 0. The maximum atomic E-state index is 12.5. The summed E-state index contributed by atoms with van der Waals surface area (Å²) in [6, 6.07) is 0.247. The Morgan fingerprint density at radius 3 is 2.68 bits per heavy atom. The number of aliphatic carboxylic acids is 1. The molecule has 0 saturated carbocycles. The van der Waals surface area contributed by atoms with Gasteiger partial charge in [0.2, 0.25) is 10.0 Å². The SMILES string of the molecule is Cc1sc(Br)cc1S(=O)(=O)N1CC(O)C[C@H]1C(=O)O. The number of carbonyl (C=O) groups is 1. The second-order valence-electron chi connectivity index (χ2n) is 4.29. The normalized spacial score (nSPS) is 24.8. The molecule has 1 unspecified atom stereocenters. The highest BCUT2D eigenvalue weighted by molar-refractivity contribution is 9.11. The molecule has 2 heterocycles. The van der Waals surface area contributed by atoms with E-state index >= 15 is 0 Å². The molecule has 0 amide bonds. The molecule has 9 heteroatoms. The highest BCUT2D eigenvalue weighted by atomic mass is 79.9. The molecule has 2 N–H and O–H groups in total. The average Bonchev–Trinajstić information content (AvgIpc) is 2.82. The molecule has 0 aliphatic carbocycles. The molecule has 106 valence electrons. The summed E-state index contributed by atoms with van der Waals surface area (Å²) in [5, 5.41) is 18.6. The number of carboxylic acid groups (broad SMARTS) is 1. The fourth-order valence-corrected chi connectivity index (χ4v) is 6.10. The summed E-state index contributed by atoms with van der Waals surface area (Å²) in [6.07, 6.45) is -1.03. The summed E-state index contributed by atoms with van der Waals surface area (Å²) in [4.78, 5) is 11.8. The summed E-state index contributed by atoms with van der Waals surface area (Å²) in [5.74, 6) is -1.24. The van der Waals surface area contributed by atoms with E-state index in [1.165, 1.54) is 17.4 Å². The first-order valence-electron chi connectivity index (χ1n) is 5.42. The molecule has 2 rings (SSSR count). The molecular weight excluding hydrogens is 358 g/mol. The topological polar surface area (TPSA) is 94.9 Å². The quantitative estimate of drug-likeness (QED) is 0.829. The lowest BCUT2D eigenvalue weighted by atomic mass is 10.2. The average molecular weight is 370 g/mol. The largest absolute Gasteiger partial charge is 0.480 e. The second kappa shape index (κ2) is 5.13. The van der Waals surface area contributed by atoms with Crippen molar-refractivity contribution in [2.24, 2.45) is 0 Å². The van der Waals surface area contributed by atoms with Gasteiger partial charge in [-0.15, -0.1) is 11.3 Å². The standard InChI is InChI=1S/C10H12BrNO5S2/c1-5-8(3-9(11)18-5)19(16,17)12-4-6(13)2-7(12)10(14)15/h3,6-7,13H,2,4H2,1H3,(H,14,15)/t6?,7-/m0/s1.